The van der Waals surface area contributed by atoms with Gasteiger partial charge in [-0.2, -0.15) is 0 Å². The van der Waals surface area contributed by atoms with Crippen molar-refractivity contribution in [3.05, 3.63) is 47.4 Å². The van der Waals surface area contributed by atoms with E-state index in [-0.39, 0.29) is 11.9 Å². The van der Waals surface area contributed by atoms with Crippen LogP contribution in [0.25, 0.3) is 0 Å². The molecule has 6 heteroatoms. The Morgan fingerprint density at radius 1 is 1.14 bits per heavy atom. The van der Waals surface area contributed by atoms with Gasteiger partial charge in [-0.1, -0.05) is 13.0 Å². The fraction of sp³-hybridized carbons (Fsp3) is 0.333. The SMILES string of the molecule is CCNC(c1ccc(OC)nn1)c1ccc(OC)cc1F. The molecule has 1 aromatic heterocycles. The predicted molar refractivity (Wildman–Crippen MR) is 77.1 cm³/mol. The van der Waals surface area contributed by atoms with E-state index in [4.69, 9.17) is 9.47 Å². The Morgan fingerprint density at radius 2 is 1.95 bits per heavy atom. The van der Waals surface area contributed by atoms with Crippen LogP contribution in [0.1, 0.15) is 24.2 Å². The van der Waals surface area contributed by atoms with Crippen LogP contribution < -0.4 is 14.8 Å². The molecule has 1 unspecified atom stereocenters. The van der Waals surface area contributed by atoms with Crippen molar-refractivity contribution in [3.8, 4) is 11.6 Å². The maximum atomic E-state index is 14.2. The zero-order valence-corrected chi connectivity index (χ0v) is 12.3. The first-order valence-electron chi connectivity index (χ1n) is 6.64. The Bertz CT molecular complexity index is 590. The number of benzene rings is 1. The van der Waals surface area contributed by atoms with Crippen molar-refractivity contribution < 1.29 is 13.9 Å². The molecule has 2 aromatic rings. The van der Waals surface area contributed by atoms with Crippen LogP contribution in [-0.2, 0) is 0 Å². The molecular weight excluding hydrogens is 273 g/mol. The van der Waals surface area contributed by atoms with Gasteiger partial charge in [0.1, 0.15) is 11.6 Å². The average Bonchev–Trinajstić information content (AvgIpc) is 2.53. The number of ether oxygens (including phenoxy) is 2. The minimum absolute atomic E-state index is 0.349. The zero-order chi connectivity index (χ0) is 15.2. The highest BCUT2D eigenvalue weighted by molar-refractivity contribution is 5.34. The van der Waals surface area contributed by atoms with Gasteiger partial charge in [0.2, 0.25) is 5.88 Å². The van der Waals surface area contributed by atoms with Crippen LogP contribution in [0.4, 0.5) is 4.39 Å². The number of nitrogens with zero attached hydrogens (tertiary/aromatic N) is 2. The summed E-state index contributed by atoms with van der Waals surface area (Å²) < 4.78 is 24.3. The second kappa shape index (κ2) is 6.99. The molecule has 2 rings (SSSR count). The molecule has 1 atom stereocenters. The highest BCUT2D eigenvalue weighted by Gasteiger charge is 2.19. The van der Waals surface area contributed by atoms with Crippen molar-refractivity contribution >= 4 is 0 Å². The molecule has 0 spiro atoms. The molecule has 5 nitrogen and oxygen atoms in total. The van der Waals surface area contributed by atoms with Crippen molar-refractivity contribution in [1.82, 2.24) is 15.5 Å². The molecule has 0 fully saturated rings. The van der Waals surface area contributed by atoms with Gasteiger partial charge in [0.15, 0.2) is 0 Å². The zero-order valence-electron chi connectivity index (χ0n) is 12.3. The summed E-state index contributed by atoms with van der Waals surface area (Å²) in [5.74, 6) is 0.550. The number of nitrogens with one attached hydrogen (secondary N) is 1. The minimum Gasteiger partial charge on any atom is -0.497 e. The summed E-state index contributed by atoms with van der Waals surface area (Å²) in [6.45, 7) is 2.62. The van der Waals surface area contributed by atoms with E-state index in [9.17, 15) is 4.39 Å². The molecule has 1 aromatic carbocycles. The van der Waals surface area contributed by atoms with E-state index in [2.05, 4.69) is 15.5 Å². The summed E-state index contributed by atoms with van der Waals surface area (Å²) in [6, 6.07) is 7.86. The summed E-state index contributed by atoms with van der Waals surface area (Å²) >= 11 is 0. The van der Waals surface area contributed by atoms with Crippen LogP contribution in [0.15, 0.2) is 30.3 Å². The van der Waals surface area contributed by atoms with Gasteiger partial charge in [0.25, 0.3) is 0 Å². The Labute approximate surface area is 123 Å². The van der Waals surface area contributed by atoms with Crippen molar-refractivity contribution in [2.75, 3.05) is 20.8 Å². The molecule has 112 valence electrons. The normalized spacial score (nSPS) is 12.0. The third-order valence-corrected chi connectivity index (χ3v) is 3.09. The molecule has 0 saturated heterocycles. The van der Waals surface area contributed by atoms with Crippen molar-refractivity contribution in [1.29, 1.82) is 0 Å². The summed E-state index contributed by atoms with van der Waals surface area (Å²) in [6.07, 6.45) is 0. The first-order chi connectivity index (χ1) is 10.2. The second-order valence-corrected chi connectivity index (χ2v) is 4.38. The lowest BCUT2D eigenvalue weighted by atomic mass is 10.0. The lowest BCUT2D eigenvalue weighted by molar-refractivity contribution is 0.390. The summed E-state index contributed by atoms with van der Waals surface area (Å²) in [4.78, 5) is 0. The average molecular weight is 291 g/mol. The van der Waals surface area contributed by atoms with Crippen LogP contribution in [0.5, 0.6) is 11.6 Å². The van der Waals surface area contributed by atoms with Crippen molar-refractivity contribution in [2.45, 2.75) is 13.0 Å². The van der Waals surface area contributed by atoms with Gasteiger partial charge in [-0.3, -0.25) is 0 Å². The Morgan fingerprint density at radius 3 is 2.48 bits per heavy atom. The lowest BCUT2D eigenvalue weighted by Crippen LogP contribution is -2.24. The van der Waals surface area contributed by atoms with E-state index in [0.717, 1.165) is 0 Å². The Balaban J connectivity index is 2.37. The second-order valence-electron chi connectivity index (χ2n) is 4.38. The van der Waals surface area contributed by atoms with E-state index >= 15 is 0 Å². The number of rotatable bonds is 6. The van der Waals surface area contributed by atoms with E-state index in [0.29, 0.717) is 29.4 Å². The number of hydrogen-bond acceptors (Lipinski definition) is 5. The number of hydrogen-bond donors (Lipinski definition) is 1. The van der Waals surface area contributed by atoms with Crippen LogP contribution in [0, 0.1) is 5.82 Å². The third-order valence-electron chi connectivity index (χ3n) is 3.09. The van der Waals surface area contributed by atoms with Gasteiger partial charge >= 0.3 is 0 Å². The van der Waals surface area contributed by atoms with Gasteiger partial charge in [0.05, 0.1) is 26.0 Å². The first-order valence-corrected chi connectivity index (χ1v) is 6.64. The number of halogens is 1. The largest absolute Gasteiger partial charge is 0.497 e. The van der Waals surface area contributed by atoms with Gasteiger partial charge in [-0.25, -0.2) is 4.39 Å². The lowest BCUT2D eigenvalue weighted by Gasteiger charge is -2.18. The van der Waals surface area contributed by atoms with Crippen LogP contribution >= 0.6 is 0 Å². The maximum Gasteiger partial charge on any atom is 0.233 e. The third kappa shape index (κ3) is 3.46. The highest BCUT2D eigenvalue weighted by atomic mass is 19.1. The molecule has 0 aliphatic rings. The topological polar surface area (TPSA) is 56.3 Å². The maximum absolute atomic E-state index is 14.2. The molecule has 0 saturated carbocycles. The van der Waals surface area contributed by atoms with Gasteiger partial charge < -0.3 is 14.8 Å². The van der Waals surface area contributed by atoms with E-state index in [1.807, 2.05) is 6.92 Å². The minimum atomic E-state index is -0.376. The fourth-order valence-electron chi connectivity index (χ4n) is 2.04. The summed E-state index contributed by atoms with van der Waals surface area (Å²) in [5.41, 5.74) is 1.12. The van der Waals surface area contributed by atoms with Gasteiger partial charge in [-0.15, -0.1) is 10.2 Å². The van der Waals surface area contributed by atoms with E-state index in [1.165, 1.54) is 20.3 Å². The molecular formula is C15H18FN3O2. The van der Waals surface area contributed by atoms with Crippen LogP contribution in [0.2, 0.25) is 0 Å². The van der Waals surface area contributed by atoms with E-state index < -0.39 is 0 Å². The fourth-order valence-corrected chi connectivity index (χ4v) is 2.04. The first kappa shape index (κ1) is 15.2. The monoisotopic (exact) mass is 291 g/mol. The molecule has 0 bridgehead atoms. The quantitative estimate of drug-likeness (QED) is 0.885. The summed E-state index contributed by atoms with van der Waals surface area (Å²) in [7, 11) is 3.03. The number of methoxy groups -OCH3 is 2. The standard InChI is InChI=1S/C15H18FN3O2/c1-4-17-15(13-7-8-14(21-3)19-18-13)11-6-5-10(20-2)9-12(11)16/h5-9,15,17H,4H2,1-3H3. The molecule has 0 aliphatic heterocycles. The predicted octanol–water partition coefficient (Wildman–Crippen LogP) is 2.33. The Kier molecular flexibility index (Phi) is 5.05. The van der Waals surface area contributed by atoms with E-state index in [1.54, 1.807) is 24.3 Å². The van der Waals surface area contributed by atoms with Crippen molar-refractivity contribution in [3.63, 3.8) is 0 Å². The van der Waals surface area contributed by atoms with Crippen LogP contribution in [0.3, 0.4) is 0 Å². The van der Waals surface area contributed by atoms with Crippen molar-refractivity contribution in [2.24, 2.45) is 0 Å². The summed E-state index contributed by atoms with van der Waals surface area (Å²) in [5, 5.41) is 11.2. The number of aromatic nitrogens is 2. The molecule has 0 radical (unpaired) electrons. The van der Waals surface area contributed by atoms with Gasteiger partial charge in [-0.05, 0) is 18.7 Å². The Hall–Kier alpha value is -2.21. The molecule has 21 heavy (non-hydrogen) atoms. The smallest absolute Gasteiger partial charge is 0.233 e. The highest BCUT2D eigenvalue weighted by Crippen LogP contribution is 2.26. The molecule has 1 N–H and O–H groups in total. The molecule has 0 aliphatic carbocycles. The van der Waals surface area contributed by atoms with Crippen LogP contribution in [-0.4, -0.2) is 31.0 Å². The molecule has 1 heterocycles. The molecule has 0 amide bonds. The van der Waals surface area contributed by atoms with Gasteiger partial charge in [0, 0.05) is 17.7 Å².